The Balaban J connectivity index is 1.36. The van der Waals surface area contributed by atoms with Crippen LogP contribution in [0.2, 0.25) is 0 Å². The van der Waals surface area contributed by atoms with E-state index in [1.165, 1.54) is 5.56 Å². The van der Waals surface area contributed by atoms with Gasteiger partial charge in [0, 0.05) is 22.3 Å². The summed E-state index contributed by atoms with van der Waals surface area (Å²) in [6, 6.07) is 15.7. The maximum atomic E-state index is 12.7. The van der Waals surface area contributed by atoms with E-state index in [4.69, 9.17) is 4.52 Å². The van der Waals surface area contributed by atoms with Crippen molar-refractivity contribution in [1.82, 2.24) is 15.0 Å². The molecule has 7 heteroatoms. The first kappa shape index (κ1) is 19.8. The van der Waals surface area contributed by atoms with E-state index >= 15 is 0 Å². The SMILES string of the molecule is Cc1ccc(NC(=O)C2CCCN(Cc3nc(-c4cccc(Br)c4)no3)C2)cc1. The number of nitrogens with one attached hydrogen (secondary N) is 1. The summed E-state index contributed by atoms with van der Waals surface area (Å²) in [4.78, 5) is 19.4. The second-order valence-corrected chi connectivity index (χ2v) is 8.37. The average Bonchev–Trinajstić information content (AvgIpc) is 3.18. The average molecular weight is 455 g/mol. The number of likely N-dealkylation sites (tertiary alicyclic amines) is 1. The molecule has 1 N–H and O–H groups in total. The van der Waals surface area contributed by atoms with Crippen LogP contribution in [0.25, 0.3) is 11.4 Å². The third-order valence-corrected chi connectivity index (χ3v) is 5.60. The normalized spacial score (nSPS) is 17.2. The molecule has 1 aliphatic rings. The Hall–Kier alpha value is -2.51. The fourth-order valence-electron chi connectivity index (χ4n) is 3.55. The van der Waals surface area contributed by atoms with Crippen LogP contribution in [0.3, 0.4) is 0 Å². The predicted molar refractivity (Wildman–Crippen MR) is 115 cm³/mol. The zero-order chi connectivity index (χ0) is 20.2. The first-order valence-corrected chi connectivity index (χ1v) is 10.5. The van der Waals surface area contributed by atoms with Gasteiger partial charge in [-0.3, -0.25) is 9.69 Å². The van der Waals surface area contributed by atoms with Gasteiger partial charge in [-0.25, -0.2) is 0 Å². The summed E-state index contributed by atoms with van der Waals surface area (Å²) in [6.07, 6.45) is 1.86. The van der Waals surface area contributed by atoms with Gasteiger partial charge in [-0.1, -0.05) is 50.9 Å². The number of amides is 1. The number of benzene rings is 2. The summed E-state index contributed by atoms with van der Waals surface area (Å²) in [5, 5.41) is 7.13. The molecule has 1 aromatic heterocycles. The molecule has 3 aromatic rings. The van der Waals surface area contributed by atoms with E-state index in [2.05, 4.69) is 36.3 Å². The van der Waals surface area contributed by atoms with Crippen LogP contribution >= 0.6 is 15.9 Å². The number of aromatic nitrogens is 2. The number of aryl methyl sites for hydroxylation is 1. The molecule has 29 heavy (non-hydrogen) atoms. The minimum Gasteiger partial charge on any atom is -0.338 e. The minimum atomic E-state index is -0.0440. The summed E-state index contributed by atoms with van der Waals surface area (Å²) in [7, 11) is 0. The van der Waals surface area contributed by atoms with E-state index in [0.29, 0.717) is 24.8 Å². The maximum Gasteiger partial charge on any atom is 0.241 e. The molecule has 2 aromatic carbocycles. The largest absolute Gasteiger partial charge is 0.338 e. The van der Waals surface area contributed by atoms with Crippen molar-refractivity contribution in [2.75, 3.05) is 18.4 Å². The Labute approximate surface area is 178 Å². The van der Waals surface area contributed by atoms with Crippen LogP contribution in [-0.2, 0) is 11.3 Å². The maximum absolute atomic E-state index is 12.7. The summed E-state index contributed by atoms with van der Waals surface area (Å²) in [5.74, 6) is 1.17. The van der Waals surface area contributed by atoms with Gasteiger partial charge in [0.2, 0.25) is 17.6 Å². The van der Waals surface area contributed by atoms with Gasteiger partial charge in [-0.05, 0) is 50.6 Å². The van der Waals surface area contributed by atoms with Crippen LogP contribution in [0.4, 0.5) is 5.69 Å². The van der Waals surface area contributed by atoms with Gasteiger partial charge in [0.15, 0.2) is 0 Å². The second-order valence-electron chi connectivity index (χ2n) is 7.45. The van der Waals surface area contributed by atoms with Crippen LogP contribution in [0.15, 0.2) is 57.5 Å². The molecule has 1 aliphatic heterocycles. The van der Waals surface area contributed by atoms with Gasteiger partial charge in [-0.15, -0.1) is 0 Å². The number of anilines is 1. The molecule has 1 fully saturated rings. The number of carbonyl (C=O) groups is 1. The van der Waals surface area contributed by atoms with Crippen LogP contribution in [0.5, 0.6) is 0 Å². The molecular weight excluding hydrogens is 432 g/mol. The van der Waals surface area contributed by atoms with Gasteiger partial charge in [-0.2, -0.15) is 4.98 Å². The van der Waals surface area contributed by atoms with E-state index in [0.717, 1.165) is 35.1 Å². The van der Waals surface area contributed by atoms with Gasteiger partial charge in [0.1, 0.15) is 0 Å². The third-order valence-electron chi connectivity index (χ3n) is 5.11. The van der Waals surface area contributed by atoms with Crippen molar-refractivity contribution in [1.29, 1.82) is 0 Å². The number of rotatable bonds is 5. The Kier molecular flexibility index (Phi) is 6.06. The van der Waals surface area contributed by atoms with E-state index < -0.39 is 0 Å². The molecule has 6 nitrogen and oxygen atoms in total. The molecule has 0 bridgehead atoms. The molecule has 1 atom stereocenters. The van der Waals surface area contributed by atoms with E-state index in [9.17, 15) is 4.79 Å². The minimum absolute atomic E-state index is 0.0440. The Morgan fingerprint density at radius 2 is 2.10 bits per heavy atom. The van der Waals surface area contributed by atoms with Crippen LogP contribution in [0.1, 0.15) is 24.3 Å². The monoisotopic (exact) mass is 454 g/mol. The smallest absolute Gasteiger partial charge is 0.241 e. The van der Waals surface area contributed by atoms with Crippen molar-refractivity contribution >= 4 is 27.5 Å². The quantitative estimate of drug-likeness (QED) is 0.606. The number of halogens is 1. The van der Waals surface area contributed by atoms with Crippen molar-refractivity contribution in [2.45, 2.75) is 26.3 Å². The van der Waals surface area contributed by atoms with Gasteiger partial charge in [0.25, 0.3) is 0 Å². The second kappa shape index (κ2) is 8.88. The van der Waals surface area contributed by atoms with Crippen LogP contribution in [0, 0.1) is 12.8 Å². The number of nitrogens with zero attached hydrogens (tertiary/aromatic N) is 3. The highest BCUT2D eigenvalue weighted by Crippen LogP contribution is 2.23. The molecular formula is C22H23BrN4O2. The summed E-state index contributed by atoms with van der Waals surface area (Å²) >= 11 is 3.46. The lowest BCUT2D eigenvalue weighted by atomic mass is 9.97. The van der Waals surface area contributed by atoms with Crippen molar-refractivity contribution in [3.63, 3.8) is 0 Å². The number of hydrogen-bond acceptors (Lipinski definition) is 5. The molecule has 1 amide bonds. The highest BCUT2D eigenvalue weighted by Gasteiger charge is 2.27. The molecule has 0 saturated carbocycles. The molecule has 2 heterocycles. The van der Waals surface area contributed by atoms with Crippen molar-refractivity contribution in [3.8, 4) is 11.4 Å². The lowest BCUT2D eigenvalue weighted by Crippen LogP contribution is -2.40. The van der Waals surface area contributed by atoms with Gasteiger partial charge >= 0.3 is 0 Å². The zero-order valence-electron chi connectivity index (χ0n) is 16.3. The molecule has 0 radical (unpaired) electrons. The fraction of sp³-hybridized carbons (Fsp3) is 0.318. The molecule has 0 aliphatic carbocycles. The van der Waals surface area contributed by atoms with Crippen molar-refractivity contribution in [3.05, 3.63) is 64.5 Å². The predicted octanol–water partition coefficient (Wildman–Crippen LogP) is 4.66. The Bertz CT molecular complexity index is 986. The topological polar surface area (TPSA) is 71.3 Å². The van der Waals surface area contributed by atoms with Crippen molar-refractivity contribution < 1.29 is 9.32 Å². The van der Waals surface area contributed by atoms with E-state index in [1.807, 2.05) is 55.5 Å². The van der Waals surface area contributed by atoms with Crippen LogP contribution in [-0.4, -0.2) is 34.0 Å². The zero-order valence-corrected chi connectivity index (χ0v) is 17.9. The number of piperidine rings is 1. The summed E-state index contributed by atoms with van der Waals surface area (Å²) in [5.41, 5.74) is 2.92. The van der Waals surface area contributed by atoms with E-state index in [-0.39, 0.29) is 11.8 Å². The lowest BCUT2D eigenvalue weighted by molar-refractivity contribution is -0.121. The van der Waals surface area contributed by atoms with Gasteiger partial charge in [0.05, 0.1) is 12.5 Å². The molecule has 1 saturated heterocycles. The summed E-state index contributed by atoms with van der Waals surface area (Å²) < 4.78 is 6.42. The van der Waals surface area contributed by atoms with Crippen molar-refractivity contribution in [2.24, 2.45) is 5.92 Å². The summed E-state index contributed by atoms with van der Waals surface area (Å²) in [6.45, 7) is 4.19. The van der Waals surface area contributed by atoms with Gasteiger partial charge < -0.3 is 9.84 Å². The number of carbonyl (C=O) groups excluding carboxylic acids is 1. The van der Waals surface area contributed by atoms with Crippen LogP contribution < -0.4 is 5.32 Å². The molecule has 0 spiro atoms. The Morgan fingerprint density at radius 3 is 2.90 bits per heavy atom. The molecule has 4 rings (SSSR count). The standard InChI is InChI=1S/C22H23BrN4O2/c1-15-7-9-19(10-8-15)24-22(28)17-5-3-11-27(13-17)14-20-25-21(26-29-20)16-4-2-6-18(23)12-16/h2,4,6-10,12,17H,3,5,11,13-14H2,1H3,(H,24,28). The Morgan fingerprint density at radius 1 is 1.28 bits per heavy atom. The number of hydrogen-bond donors (Lipinski definition) is 1. The molecule has 150 valence electrons. The first-order chi connectivity index (χ1) is 14.1. The molecule has 1 unspecified atom stereocenters. The lowest BCUT2D eigenvalue weighted by Gasteiger charge is -2.30. The highest BCUT2D eigenvalue weighted by molar-refractivity contribution is 9.10. The highest BCUT2D eigenvalue weighted by atomic mass is 79.9. The third kappa shape index (κ3) is 5.10. The first-order valence-electron chi connectivity index (χ1n) is 9.75. The fourth-order valence-corrected chi connectivity index (χ4v) is 3.95. The van der Waals surface area contributed by atoms with E-state index in [1.54, 1.807) is 0 Å².